The first-order valence-electron chi connectivity index (χ1n) is 8.50. The van der Waals surface area contributed by atoms with Crippen LogP contribution in [0.15, 0.2) is 60.1 Å². The first-order valence-corrected chi connectivity index (χ1v) is 9.32. The van der Waals surface area contributed by atoms with Crippen molar-refractivity contribution in [2.24, 2.45) is 4.99 Å². The van der Waals surface area contributed by atoms with Crippen LogP contribution in [0.2, 0.25) is 0 Å². The first-order chi connectivity index (χ1) is 12.5. The molecular weight excluding hydrogens is 344 g/mol. The first kappa shape index (κ1) is 18.1. The van der Waals surface area contributed by atoms with Crippen LogP contribution in [0.3, 0.4) is 0 Å². The largest absolute Gasteiger partial charge is 0.497 e. The molecule has 4 nitrogen and oxygen atoms in total. The second-order valence-corrected chi connectivity index (χ2v) is 7.32. The molecule has 1 aromatic heterocycles. The maximum absolute atomic E-state index is 12.6. The van der Waals surface area contributed by atoms with Gasteiger partial charge >= 0.3 is 0 Å². The number of benzene rings is 2. The van der Waals surface area contributed by atoms with E-state index in [1.807, 2.05) is 10.6 Å². The number of nitrogens with zero attached hydrogens (tertiary/aromatic N) is 2. The number of aromatic nitrogens is 1. The lowest BCUT2D eigenvalue weighted by molar-refractivity contribution is 0.0998. The fourth-order valence-electron chi connectivity index (χ4n) is 2.72. The summed E-state index contributed by atoms with van der Waals surface area (Å²) in [6, 6.07) is 13.4. The zero-order valence-corrected chi connectivity index (χ0v) is 16.0. The van der Waals surface area contributed by atoms with Crippen LogP contribution in [-0.2, 0) is 6.54 Å². The Hall–Kier alpha value is -2.66. The Morgan fingerprint density at radius 2 is 2.00 bits per heavy atom. The lowest BCUT2D eigenvalue weighted by Crippen LogP contribution is -2.16. The average molecular weight is 366 g/mol. The Bertz CT molecular complexity index is 1010. The smallest absolute Gasteiger partial charge is 0.279 e. The van der Waals surface area contributed by atoms with Crippen molar-refractivity contribution in [2.45, 2.75) is 26.3 Å². The number of allylic oxidation sites excluding steroid dienone is 1. The lowest BCUT2D eigenvalue weighted by Gasteiger charge is -2.06. The predicted molar refractivity (Wildman–Crippen MR) is 107 cm³/mol. The maximum Gasteiger partial charge on any atom is 0.279 e. The van der Waals surface area contributed by atoms with Gasteiger partial charge < -0.3 is 9.30 Å². The maximum atomic E-state index is 12.6. The number of rotatable bonds is 5. The Labute approximate surface area is 157 Å². The number of amides is 1. The summed E-state index contributed by atoms with van der Waals surface area (Å²) in [6.45, 7) is 8.78. The highest BCUT2D eigenvalue weighted by Gasteiger charge is 2.10. The van der Waals surface area contributed by atoms with Crippen molar-refractivity contribution in [3.05, 3.63) is 71.0 Å². The Balaban J connectivity index is 2.09. The average Bonchev–Trinajstić information content (AvgIpc) is 2.98. The molecule has 1 amide bonds. The fourth-order valence-corrected chi connectivity index (χ4v) is 3.81. The van der Waals surface area contributed by atoms with Gasteiger partial charge in [-0.05, 0) is 47.9 Å². The molecule has 0 bridgehead atoms. The van der Waals surface area contributed by atoms with Gasteiger partial charge in [-0.15, -0.1) is 6.58 Å². The van der Waals surface area contributed by atoms with Crippen molar-refractivity contribution in [1.29, 1.82) is 0 Å². The SMILES string of the molecule is C=CCn1c(=NC(=O)c2ccc(OC)cc2)sc2cc(C(C)C)ccc21. The minimum atomic E-state index is -0.263. The normalized spacial score (nSPS) is 11.9. The summed E-state index contributed by atoms with van der Waals surface area (Å²) >= 11 is 1.53. The summed E-state index contributed by atoms with van der Waals surface area (Å²) in [7, 11) is 1.60. The number of methoxy groups -OCH3 is 1. The second kappa shape index (κ2) is 7.70. The van der Waals surface area contributed by atoms with Crippen molar-refractivity contribution in [3.8, 4) is 5.75 Å². The van der Waals surface area contributed by atoms with Crippen LogP contribution in [0.1, 0.15) is 35.7 Å². The van der Waals surface area contributed by atoms with E-state index >= 15 is 0 Å². The van der Waals surface area contributed by atoms with E-state index in [4.69, 9.17) is 4.74 Å². The Kier molecular flexibility index (Phi) is 5.38. The van der Waals surface area contributed by atoms with Crippen LogP contribution < -0.4 is 9.54 Å². The van der Waals surface area contributed by atoms with Gasteiger partial charge in [0.2, 0.25) is 0 Å². The minimum Gasteiger partial charge on any atom is -0.497 e. The zero-order valence-electron chi connectivity index (χ0n) is 15.2. The third-order valence-electron chi connectivity index (χ3n) is 4.22. The van der Waals surface area contributed by atoms with Crippen LogP contribution in [-0.4, -0.2) is 17.6 Å². The molecule has 0 atom stereocenters. The summed E-state index contributed by atoms with van der Waals surface area (Å²) in [6.07, 6.45) is 1.82. The van der Waals surface area contributed by atoms with Gasteiger partial charge in [0.25, 0.3) is 5.91 Å². The predicted octanol–water partition coefficient (Wildman–Crippen LogP) is 4.76. The topological polar surface area (TPSA) is 43.6 Å². The lowest BCUT2D eigenvalue weighted by atomic mass is 10.0. The van der Waals surface area contributed by atoms with Gasteiger partial charge in [0, 0.05) is 12.1 Å². The summed E-state index contributed by atoms with van der Waals surface area (Å²) in [5.41, 5.74) is 2.88. The van der Waals surface area contributed by atoms with E-state index in [-0.39, 0.29) is 5.91 Å². The molecule has 0 aliphatic heterocycles. The van der Waals surface area contributed by atoms with Gasteiger partial charge in [-0.1, -0.05) is 37.3 Å². The van der Waals surface area contributed by atoms with Crippen LogP contribution in [0.4, 0.5) is 0 Å². The Morgan fingerprint density at radius 1 is 1.27 bits per heavy atom. The van der Waals surface area contributed by atoms with Gasteiger partial charge in [0.05, 0.1) is 17.3 Å². The number of hydrogen-bond acceptors (Lipinski definition) is 3. The molecule has 3 rings (SSSR count). The standard InChI is InChI=1S/C21H22N2O2S/c1-5-12-23-18-11-8-16(14(2)3)13-19(18)26-21(23)22-20(24)15-6-9-17(25-4)10-7-15/h5-11,13-14H,1,12H2,2-4H3. The molecule has 2 aromatic carbocycles. The molecule has 3 aromatic rings. The molecule has 26 heavy (non-hydrogen) atoms. The molecule has 1 heterocycles. The molecular formula is C21H22N2O2S. The molecule has 0 radical (unpaired) electrons. The van der Waals surface area contributed by atoms with E-state index in [2.05, 4.69) is 43.6 Å². The molecule has 0 fully saturated rings. The van der Waals surface area contributed by atoms with Crippen molar-refractivity contribution >= 4 is 27.5 Å². The number of hydrogen-bond donors (Lipinski definition) is 0. The van der Waals surface area contributed by atoms with Crippen LogP contribution in [0, 0.1) is 0 Å². The number of thiazole rings is 1. The third-order valence-corrected chi connectivity index (χ3v) is 5.26. The second-order valence-electron chi connectivity index (χ2n) is 6.31. The van der Waals surface area contributed by atoms with Crippen LogP contribution in [0.25, 0.3) is 10.2 Å². The quantitative estimate of drug-likeness (QED) is 0.611. The van der Waals surface area contributed by atoms with E-state index in [0.29, 0.717) is 28.6 Å². The van der Waals surface area contributed by atoms with Gasteiger partial charge in [0.15, 0.2) is 4.80 Å². The van der Waals surface area contributed by atoms with Gasteiger partial charge in [-0.2, -0.15) is 4.99 Å². The van der Waals surface area contributed by atoms with E-state index in [1.165, 1.54) is 16.9 Å². The molecule has 0 spiro atoms. The fraction of sp³-hybridized carbons (Fsp3) is 0.238. The van der Waals surface area contributed by atoms with E-state index in [1.54, 1.807) is 31.4 Å². The van der Waals surface area contributed by atoms with E-state index in [9.17, 15) is 4.79 Å². The van der Waals surface area contributed by atoms with Crippen molar-refractivity contribution in [3.63, 3.8) is 0 Å². The highest BCUT2D eigenvalue weighted by molar-refractivity contribution is 7.16. The Morgan fingerprint density at radius 3 is 2.62 bits per heavy atom. The monoisotopic (exact) mass is 366 g/mol. The number of fused-ring (bicyclic) bond motifs is 1. The molecule has 0 aliphatic carbocycles. The molecule has 0 aliphatic rings. The summed E-state index contributed by atoms with van der Waals surface area (Å²) in [5.74, 6) is 0.906. The molecule has 134 valence electrons. The van der Waals surface area contributed by atoms with Gasteiger partial charge in [0.1, 0.15) is 5.75 Å². The van der Waals surface area contributed by atoms with Crippen molar-refractivity contribution in [1.82, 2.24) is 4.57 Å². The van der Waals surface area contributed by atoms with Crippen molar-refractivity contribution < 1.29 is 9.53 Å². The summed E-state index contributed by atoms with van der Waals surface area (Å²) in [5, 5.41) is 0. The summed E-state index contributed by atoms with van der Waals surface area (Å²) < 4.78 is 8.28. The third kappa shape index (κ3) is 3.63. The molecule has 0 saturated heterocycles. The molecule has 0 N–H and O–H groups in total. The van der Waals surface area contributed by atoms with Crippen molar-refractivity contribution in [2.75, 3.05) is 7.11 Å². The van der Waals surface area contributed by atoms with Gasteiger partial charge in [-0.25, -0.2) is 0 Å². The minimum absolute atomic E-state index is 0.263. The molecule has 0 saturated carbocycles. The zero-order chi connectivity index (χ0) is 18.7. The van der Waals surface area contributed by atoms with E-state index < -0.39 is 0 Å². The summed E-state index contributed by atoms with van der Waals surface area (Å²) in [4.78, 5) is 17.6. The number of ether oxygens (including phenoxy) is 1. The molecule has 0 unspecified atom stereocenters. The van der Waals surface area contributed by atoms with E-state index in [0.717, 1.165) is 10.2 Å². The highest BCUT2D eigenvalue weighted by atomic mass is 32.1. The van der Waals surface area contributed by atoms with Gasteiger partial charge in [-0.3, -0.25) is 4.79 Å². The molecule has 5 heteroatoms. The number of carbonyl (C=O) groups is 1. The van der Waals surface area contributed by atoms with Crippen LogP contribution in [0.5, 0.6) is 5.75 Å². The van der Waals surface area contributed by atoms with Crippen LogP contribution >= 0.6 is 11.3 Å². The highest BCUT2D eigenvalue weighted by Crippen LogP contribution is 2.23. The number of carbonyl (C=O) groups excluding carboxylic acids is 1.